The molecule has 0 bridgehead atoms. The monoisotopic (exact) mass is 174 g/mol. The van der Waals surface area contributed by atoms with Crippen molar-refractivity contribution in [1.29, 1.82) is 5.26 Å². The zero-order chi connectivity index (χ0) is 9.84. The molecule has 0 aliphatic rings. The van der Waals surface area contributed by atoms with Gasteiger partial charge in [-0.2, -0.15) is 5.26 Å². The molecule has 0 saturated heterocycles. The van der Waals surface area contributed by atoms with Crippen molar-refractivity contribution in [3.63, 3.8) is 0 Å². The summed E-state index contributed by atoms with van der Waals surface area (Å²) in [6.07, 6.45) is 0. The Morgan fingerprint density at radius 3 is 2.46 bits per heavy atom. The topological polar surface area (TPSA) is 49.8 Å². The van der Waals surface area contributed by atoms with Gasteiger partial charge in [0.2, 0.25) is 0 Å². The van der Waals surface area contributed by atoms with Gasteiger partial charge in [0, 0.05) is 6.04 Å². The van der Waals surface area contributed by atoms with Crippen molar-refractivity contribution in [3.05, 3.63) is 35.4 Å². The zero-order valence-corrected chi connectivity index (χ0v) is 7.99. The summed E-state index contributed by atoms with van der Waals surface area (Å²) in [5.74, 6) is 0.356. The van der Waals surface area contributed by atoms with E-state index in [0.29, 0.717) is 11.5 Å². The van der Waals surface area contributed by atoms with Gasteiger partial charge < -0.3 is 5.73 Å². The molecule has 2 nitrogen and oxygen atoms in total. The molecular weight excluding hydrogens is 160 g/mol. The molecule has 1 rings (SSSR count). The van der Waals surface area contributed by atoms with Gasteiger partial charge in [-0.25, -0.2) is 0 Å². The number of nitriles is 1. The molecule has 0 fully saturated rings. The highest BCUT2D eigenvalue weighted by molar-refractivity contribution is 5.39. The number of hydrogen-bond donors (Lipinski definition) is 1. The van der Waals surface area contributed by atoms with Crippen molar-refractivity contribution >= 4 is 0 Å². The average molecular weight is 174 g/mol. The molecule has 0 saturated carbocycles. The van der Waals surface area contributed by atoms with Crippen molar-refractivity contribution in [2.24, 2.45) is 11.7 Å². The third-order valence-electron chi connectivity index (χ3n) is 2.16. The second-order valence-corrected chi connectivity index (χ2v) is 3.47. The highest BCUT2D eigenvalue weighted by Crippen LogP contribution is 2.21. The molecule has 0 spiro atoms. The van der Waals surface area contributed by atoms with Gasteiger partial charge in [-0.3, -0.25) is 0 Å². The van der Waals surface area contributed by atoms with Crippen LogP contribution in [0.3, 0.4) is 0 Å². The minimum absolute atomic E-state index is 0.0455. The Labute approximate surface area is 79.0 Å². The predicted octanol–water partition coefficient (Wildman–Crippen LogP) is 2.21. The Morgan fingerprint density at radius 2 is 1.92 bits per heavy atom. The lowest BCUT2D eigenvalue weighted by atomic mass is 9.93. The van der Waals surface area contributed by atoms with Crippen LogP contribution in [0.25, 0.3) is 0 Å². The largest absolute Gasteiger partial charge is 0.324 e. The Bertz CT molecular complexity index is 323. The number of hydrogen-bond acceptors (Lipinski definition) is 2. The number of nitrogens with zero attached hydrogens (tertiary/aromatic N) is 1. The predicted molar refractivity (Wildman–Crippen MR) is 52.9 cm³/mol. The van der Waals surface area contributed by atoms with E-state index >= 15 is 0 Å². The van der Waals surface area contributed by atoms with Gasteiger partial charge in [-0.15, -0.1) is 0 Å². The quantitative estimate of drug-likeness (QED) is 0.747. The van der Waals surface area contributed by atoms with Crippen LogP contribution in [-0.4, -0.2) is 0 Å². The van der Waals surface area contributed by atoms with Crippen LogP contribution in [0, 0.1) is 17.2 Å². The van der Waals surface area contributed by atoms with Gasteiger partial charge in [0.1, 0.15) is 0 Å². The smallest absolute Gasteiger partial charge is 0.0995 e. The first-order valence-electron chi connectivity index (χ1n) is 4.41. The van der Waals surface area contributed by atoms with E-state index in [0.717, 1.165) is 5.56 Å². The van der Waals surface area contributed by atoms with Gasteiger partial charge in [-0.05, 0) is 17.5 Å². The first-order chi connectivity index (χ1) is 6.16. The summed E-state index contributed by atoms with van der Waals surface area (Å²) in [6, 6.07) is 9.60. The summed E-state index contributed by atoms with van der Waals surface area (Å²) in [7, 11) is 0. The van der Waals surface area contributed by atoms with E-state index in [1.807, 2.05) is 18.2 Å². The number of nitrogens with two attached hydrogens (primary N) is 1. The third-order valence-corrected chi connectivity index (χ3v) is 2.16. The Kier molecular flexibility index (Phi) is 3.05. The maximum Gasteiger partial charge on any atom is 0.0995 e. The van der Waals surface area contributed by atoms with Crippen LogP contribution in [0.4, 0.5) is 0 Å². The molecule has 0 amide bonds. The van der Waals surface area contributed by atoms with E-state index in [9.17, 15) is 0 Å². The molecule has 0 aliphatic carbocycles. The fourth-order valence-electron chi connectivity index (χ4n) is 1.25. The SMILES string of the molecule is CC(C)C(N)c1ccccc1C#N. The summed E-state index contributed by atoms with van der Waals surface area (Å²) in [5.41, 5.74) is 7.59. The molecule has 13 heavy (non-hydrogen) atoms. The number of rotatable bonds is 2. The summed E-state index contributed by atoms with van der Waals surface area (Å²) in [4.78, 5) is 0. The van der Waals surface area contributed by atoms with Crippen molar-refractivity contribution < 1.29 is 0 Å². The third kappa shape index (κ3) is 2.07. The Balaban J connectivity index is 3.07. The molecule has 0 heterocycles. The maximum absolute atomic E-state index is 8.84. The van der Waals surface area contributed by atoms with Crippen LogP contribution in [0.1, 0.15) is 31.0 Å². The van der Waals surface area contributed by atoms with Crippen molar-refractivity contribution in [1.82, 2.24) is 0 Å². The van der Waals surface area contributed by atoms with E-state index in [-0.39, 0.29) is 6.04 Å². The molecule has 0 aliphatic heterocycles. The van der Waals surface area contributed by atoms with Crippen molar-refractivity contribution in [2.45, 2.75) is 19.9 Å². The molecule has 2 N–H and O–H groups in total. The van der Waals surface area contributed by atoms with Crippen LogP contribution >= 0.6 is 0 Å². The normalized spacial score (nSPS) is 12.5. The minimum Gasteiger partial charge on any atom is -0.324 e. The summed E-state index contributed by atoms with van der Waals surface area (Å²) in [5, 5.41) is 8.84. The first-order valence-corrected chi connectivity index (χ1v) is 4.41. The highest BCUT2D eigenvalue weighted by atomic mass is 14.6. The second kappa shape index (κ2) is 4.06. The summed E-state index contributed by atoms with van der Waals surface area (Å²) < 4.78 is 0. The van der Waals surface area contributed by atoms with Crippen molar-refractivity contribution in [2.75, 3.05) is 0 Å². The minimum atomic E-state index is -0.0455. The van der Waals surface area contributed by atoms with E-state index in [2.05, 4.69) is 19.9 Å². The molecule has 1 atom stereocenters. The first kappa shape index (κ1) is 9.76. The number of benzene rings is 1. The summed E-state index contributed by atoms with van der Waals surface area (Å²) >= 11 is 0. The standard InChI is InChI=1S/C11H14N2/c1-8(2)11(13)10-6-4-3-5-9(10)7-12/h3-6,8,11H,13H2,1-2H3. The van der Waals surface area contributed by atoms with Crippen LogP contribution in [0.2, 0.25) is 0 Å². The van der Waals surface area contributed by atoms with Gasteiger partial charge in [-0.1, -0.05) is 32.0 Å². The molecule has 0 radical (unpaired) electrons. The molecule has 1 aromatic carbocycles. The van der Waals surface area contributed by atoms with Gasteiger partial charge in [0.15, 0.2) is 0 Å². The van der Waals surface area contributed by atoms with Crippen molar-refractivity contribution in [3.8, 4) is 6.07 Å². The average Bonchev–Trinajstić information content (AvgIpc) is 2.16. The molecule has 0 aromatic heterocycles. The molecule has 1 unspecified atom stereocenters. The zero-order valence-electron chi connectivity index (χ0n) is 7.99. The Hall–Kier alpha value is -1.33. The lowest BCUT2D eigenvalue weighted by Gasteiger charge is -2.16. The van der Waals surface area contributed by atoms with E-state index in [1.165, 1.54) is 0 Å². The second-order valence-electron chi connectivity index (χ2n) is 3.47. The van der Waals surface area contributed by atoms with E-state index in [4.69, 9.17) is 11.0 Å². The van der Waals surface area contributed by atoms with Gasteiger partial charge in [0.25, 0.3) is 0 Å². The van der Waals surface area contributed by atoms with Crippen LogP contribution in [0.15, 0.2) is 24.3 Å². The van der Waals surface area contributed by atoms with Crippen LogP contribution in [0.5, 0.6) is 0 Å². The van der Waals surface area contributed by atoms with Crippen LogP contribution < -0.4 is 5.73 Å². The van der Waals surface area contributed by atoms with Crippen LogP contribution in [-0.2, 0) is 0 Å². The molecule has 1 aromatic rings. The Morgan fingerprint density at radius 1 is 1.31 bits per heavy atom. The van der Waals surface area contributed by atoms with E-state index in [1.54, 1.807) is 6.07 Å². The molecule has 2 heteroatoms. The van der Waals surface area contributed by atoms with E-state index < -0.39 is 0 Å². The summed E-state index contributed by atoms with van der Waals surface area (Å²) in [6.45, 7) is 4.11. The lowest BCUT2D eigenvalue weighted by molar-refractivity contribution is 0.513. The maximum atomic E-state index is 8.84. The lowest BCUT2D eigenvalue weighted by Crippen LogP contribution is -2.17. The molecular formula is C11H14N2. The molecule has 68 valence electrons. The van der Waals surface area contributed by atoms with Gasteiger partial charge in [0.05, 0.1) is 11.6 Å². The highest BCUT2D eigenvalue weighted by Gasteiger charge is 2.13. The fourth-order valence-corrected chi connectivity index (χ4v) is 1.25. The van der Waals surface area contributed by atoms with Gasteiger partial charge >= 0.3 is 0 Å². The fraction of sp³-hybridized carbons (Fsp3) is 0.364.